The zero-order valence-corrected chi connectivity index (χ0v) is 16.9. The Balaban J connectivity index is 1.94. The van der Waals surface area contributed by atoms with Gasteiger partial charge in [-0.05, 0) is 60.9 Å². The molecule has 0 spiro atoms. The second kappa shape index (κ2) is 8.53. The lowest BCUT2D eigenvalue weighted by molar-refractivity contribution is 0.0949. The minimum Gasteiger partial charge on any atom is -0.350 e. The molecule has 7 heteroatoms. The van der Waals surface area contributed by atoms with Crippen molar-refractivity contribution in [3.05, 3.63) is 95.1 Å². The predicted molar refractivity (Wildman–Crippen MR) is 109 cm³/mol. The lowest BCUT2D eigenvalue weighted by Gasteiger charge is -2.19. The minimum absolute atomic E-state index is 0.138. The molecule has 1 heterocycles. The predicted octanol–water partition coefficient (Wildman–Crippen LogP) is 3.78. The molecule has 150 valence electrons. The van der Waals surface area contributed by atoms with Crippen molar-refractivity contribution in [1.29, 1.82) is 0 Å². The van der Waals surface area contributed by atoms with Crippen LogP contribution < -0.4 is 5.32 Å². The van der Waals surface area contributed by atoms with Gasteiger partial charge < -0.3 is 5.32 Å². The van der Waals surface area contributed by atoms with Gasteiger partial charge in [0.1, 0.15) is 11.1 Å². The van der Waals surface area contributed by atoms with Crippen LogP contribution in [0.2, 0.25) is 0 Å². The number of nitrogens with one attached hydrogen (secondary N) is 1. The molecule has 0 saturated carbocycles. The Kier molecular flexibility index (Phi) is 6.08. The fourth-order valence-corrected chi connectivity index (χ4v) is 4.68. The highest BCUT2D eigenvalue weighted by molar-refractivity contribution is 7.91. The Labute approximate surface area is 169 Å². The Morgan fingerprint density at radius 2 is 1.83 bits per heavy atom. The molecule has 3 aromatic rings. The Bertz CT molecular complexity index is 1130. The van der Waals surface area contributed by atoms with Crippen molar-refractivity contribution in [3.63, 3.8) is 0 Å². The van der Waals surface area contributed by atoms with Crippen LogP contribution in [0.15, 0.2) is 71.9 Å². The van der Waals surface area contributed by atoms with Crippen LogP contribution in [-0.2, 0) is 9.84 Å². The van der Waals surface area contributed by atoms with Gasteiger partial charge in [0.15, 0.2) is 9.84 Å². The van der Waals surface area contributed by atoms with Crippen molar-refractivity contribution >= 4 is 15.7 Å². The molecule has 1 atom stereocenters. The maximum absolute atomic E-state index is 13.9. The molecule has 1 amide bonds. The summed E-state index contributed by atoms with van der Waals surface area (Å²) in [7, 11) is -3.83. The van der Waals surface area contributed by atoms with Crippen LogP contribution in [0.25, 0.3) is 0 Å². The number of hydrogen-bond acceptors (Lipinski definition) is 4. The summed E-state index contributed by atoms with van der Waals surface area (Å²) in [5, 5.41) is 1.49. The molecule has 0 bridgehead atoms. The second-order valence-corrected chi connectivity index (χ2v) is 8.89. The minimum atomic E-state index is -3.83. The topological polar surface area (TPSA) is 76.1 Å². The summed E-state index contributed by atoms with van der Waals surface area (Å²) >= 11 is 0. The summed E-state index contributed by atoms with van der Waals surface area (Å²) in [4.78, 5) is 16.6. The Morgan fingerprint density at radius 1 is 1.07 bits per heavy atom. The van der Waals surface area contributed by atoms with Gasteiger partial charge in [0, 0.05) is 18.9 Å². The normalized spacial score (nSPS) is 12.4. The number of pyridine rings is 1. The van der Waals surface area contributed by atoms with Gasteiger partial charge in [0.25, 0.3) is 5.91 Å². The number of aromatic nitrogens is 1. The van der Waals surface area contributed by atoms with Crippen molar-refractivity contribution in [2.45, 2.75) is 24.0 Å². The summed E-state index contributed by atoms with van der Waals surface area (Å²) < 4.78 is 40.6. The highest BCUT2D eigenvalue weighted by Crippen LogP contribution is 2.29. The van der Waals surface area contributed by atoms with Crippen molar-refractivity contribution < 1.29 is 17.6 Å². The van der Waals surface area contributed by atoms with Gasteiger partial charge in [-0.1, -0.05) is 24.3 Å². The van der Waals surface area contributed by atoms with Gasteiger partial charge in [0.05, 0.1) is 10.5 Å². The molecule has 0 aliphatic carbocycles. The molecule has 0 aliphatic rings. The van der Waals surface area contributed by atoms with E-state index < -0.39 is 26.8 Å². The van der Waals surface area contributed by atoms with Gasteiger partial charge in [-0.15, -0.1) is 0 Å². The molecule has 3 rings (SSSR count). The molecule has 29 heavy (non-hydrogen) atoms. The average molecular weight is 412 g/mol. The maximum atomic E-state index is 13.9. The number of sulfone groups is 1. The van der Waals surface area contributed by atoms with E-state index in [9.17, 15) is 17.6 Å². The number of halogens is 1. The van der Waals surface area contributed by atoms with E-state index in [1.807, 2.05) is 13.8 Å². The van der Waals surface area contributed by atoms with Crippen LogP contribution in [-0.4, -0.2) is 25.9 Å². The molecule has 5 nitrogen and oxygen atoms in total. The first-order valence-electron chi connectivity index (χ1n) is 9.04. The molecule has 2 aromatic carbocycles. The number of benzene rings is 2. The van der Waals surface area contributed by atoms with E-state index in [0.717, 1.165) is 11.1 Å². The molecule has 0 aliphatic heterocycles. The number of rotatable bonds is 6. The van der Waals surface area contributed by atoms with Crippen LogP contribution in [0.3, 0.4) is 0 Å². The summed E-state index contributed by atoms with van der Waals surface area (Å²) in [5.41, 5.74) is 2.14. The number of carbonyl (C=O) groups is 1. The van der Waals surface area contributed by atoms with Crippen LogP contribution in [0.5, 0.6) is 0 Å². The van der Waals surface area contributed by atoms with Gasteiger partial charge in [-0.3, -0.25) is 9.78 Å². The van der Waals surface area contributed by atoms with Crippen LogP contribution in [0.4, 0.5) is 4.39 Å². The zero-order chi connectivity index (χ0) is 21.0. The van der Waals surface area contributed by atoms with Gasteiger partial charge in [0.2, 0.25) is 0 Å². The van der Waals surface area contributed by atoms with Gasteiger partial charge >= 0.3 is 0 Å². The molecule has 0 radical (unpaired) electrons. The monoisotopic (exact) mass is 412 g/mol. The van der Waals surface area contributed by atoms with Crippen molar-refractivity contribution in [2.24, 2.45) is 0 Å². The molecule has 0 fully saturated rings. The molecule has 1 N–H and O–H groups in total. The van der Waals surface area contributed by atoms with Crippen LogP contribution in [0, 0.1) is 19.7 Å². The largest absolute Gasteiger partial charge is 0.350 e. The van der Waals surface area contributed by atoms with Crippen molar-refractivity contribution in [3.8, 4) is 0 Å². The fourth-order valence-electron chi connectivity index (χ4n) is 2.95. The third-order valence-corrected chi connectivity index (χ3v) is 6.90. The molecular formula is C22H21FN2O3S. The maximum Gasteiger partial charge on any atom is 0.254 e. The summed E-state index contributed by atoms with van der Waals surface area (Å²) in [6.07, 6.45) is 3.00. The lowest BCUT2D eigenvalue weighted by atomic mass is 10.1. The van der Waals surface area contributed by atoms with Crippen LogP contribution in [0.1, 0.15) is 32.3 Å². The third-order valence-electron chi connectivity index (χ3n) is 4.80. The van der Waals surface area contributed by atoms with E-state index >= 15 is 0 Å². The van der Waals surface area contributed by atoms with Crippen molar-refractivity contribution in [2.75, 3.05) is 6.54 Å². The molecule has 0 unspecified atom stereocenters. The molecule has 1 aromatic heterocycles. The Morgan fingerprint density at radius 3 is 2.48 bits per heavy atom. The first kappa shape index (κ1) is 20.7. The zero-order valence-electron chi connectivity index (χ0n) is 16.1. The quantitative estimate of drug-likeness (QED) is 0.668. The highest BCUT2D eigenvalue weighted by atomic mass is 32.2. The lowest BCUT2D eigenvalue weighted by Crippen LogP contribution is -2.32. The smallest absolute Gasteiger partial charge is 0.254 e. The van der Waals surface area contributed by atoms with Crippen molar-refractivity contribution in [1.82, 2.24) is 10.3 Å². The first-order valence-corrected chi connectivity index (χ1v) is 10.6. The third kappa shape index (κ3) is 4.51. The van der Waals surface area contributed by atoms with Gasteiger partial charge in [-0.25, -0.2) is 12.8 Å². The van der Waals surface area contributed by atoms with Gasteiger partial charge in [-0.2, -0.15) is 0 Å². The summed E-state index contributed by atoms with van der Waals surface area (Å²) in [5.74, 6) is -1.34. The average Bonchev–Trinajstić information content (AvgIpc) is 2.71. The number of hydrogen-bond donors (Lipinski definition) is 1. The van der Waals surface area contributed by atoms with E-state index in [1.165, 1.54) is 24.4 Å². The van der Waals surface area contributed by atoms with E-state index in [4.69, 9.17) is 0 Å². The Hall–Kier alpha value is -3.06. The standard InChI is InChI=1S/C22H21FN2O3S/c1-15-9-10-18(12-16(15)2)29(27,28)21(17-6-5-11-24-13-17)14-25-22(26)19-7-3-4-8-20(19)23/h3-13,21H,14H2,1-2H3,(H,25,26)/t21-/m0/s1. The number of carbonyl (C=O) groups excluding carboxylic acids is 1. The number of nitrogens with zero attached hydrogens (tertiary/aromatic N) is 1. The number of amides is 1. The highest BCUT2D eigenvalue weighted by Gasteiger charge is 2.30. The van der Waals surface area contributed by atoms with E-state index in [1.54, 1.807) is 42.6 Å². The number of aryl methyl sites for hydroxylation is 2. The van der Waals surface area contributed by atoms with Crippen LogP contribution >= 0.6 is 0 Å². The summed E-state index contributed by atoms with van der Waals surface area (Å²) in [6, 6.07) is 13.8. The second-order valence-electron chi connectivity index (χ2n) is 6.76. The van der Waals surface area contributed by atoms with E-state index in [-0.39, 0.29) is 17.0 Å². The first-order chi connectivity index (χ1) is 13.8. The van der Waals surface area contributed by atoms with E-state index in [0.29, 0.717) is 5.56 Å². The fraction of sp³-hybridized carbons (Fsp3) is 0.182. The summed E-state index contributed by atoms with van der Waals surface area (Å²) in [6.45, 7) is 3.53. The molecule has 0 saturated heterocycles. The van der Waals surface area contributed by atoms with E-state index in [2.05, 4.69) is 10.3 Å². The molecular weight excluding hydrogens is 391 g/mol. The SMILES string of the molecule is Cc1ccc(S(=O)(=O)[C@@H](CNC(=O)c2ccccc2F)c2cccnc2)cc1C.